The molecular formula is C20H13Cl2N3O4S. The zero-order valence-corrected chi connectivity index (χ0v) is 17.4. The monoisotopic (exact) mass is 461 g/mol. The van der Waals surface area contributed by atoms with Crippen LogP contribution in [0.2, 0.25) is 10.0 Å². The van der Waals surface area contributed by atoms with Gasteiger partial charge in [-0.05, 0) is 54.7 Å². The summed E-state index contributed by atoms with van der Waals surface area (Å²) in [5.41, 5.74) is 0.997. The molecule has 2 N–H and O–H groups in total. The number of nitrogens with zero attached hydrogens (tertiary/aromatic N) is 1. The van der Waals surface area contributed by atoms with Crippen LogP contribution in [0.3, 0.4) is 0 Å². The zero-order valence-electron chi connectivity index (χ0n) is 15.1. The smallest absolute Gasteiger partial charge is 0.271 e. The van der Waals surface area contributed by atoms with Crippen LogP contribution in [0.4, 0.5) is 11.4 Å². The lowest BCUT2D eigenvalue weighted by atomic mass is 10.2. The highest BCUT2D eigenvalue weighted by molar-refractivity contribution is 7.80. The summed E-state index contributed by atoms with van der Waals surface area (Å²) in [6.45, 7) is 0. The Morgan fingerprint density at radius 3 is 2.53 bits per heavy atom. The van der Waals surface area contributed by atoms with Gasteiger partial charge in [-0.1, -0.05) is 29.3 Å². The van der Waals surface area contributed by atoms with Crippen molar-refractivity contribution in [1.29, 1.82) is 0 Å². The molecule has 0 atom stereocenters. The van der Waals surface area contributed by atoms with Crippen molar-refractivity contribution in [2.24, 2.45) is 0 Å². The number of nitrogens with one attached hydrogen (secondary N) is 2. The van der Waals surface area contributed by atoms with Gasteiger partial charge < -0.3 is 9.73 Å². The molecule has 3 aromatic rings. The number of hydrogen-bond donors (Lipinski definition) is 2. The molecular weight excluding hydrogens is 449 g/mol. The quantitative estimate of drug-likeness (QED) is 0.219. The van der Waals surface area contributed by atoms with E-state index in [1.54, 1.807) is 36.4 Å². The van der Waals surface area contributed by atoms with Crippen LogP contribution in [-0.2, 0) is 4.79 Å². The van der Waals surface area contributed by atoms with Gasteiger partial charge in [-0.15, -0.1) is 0 Å². The first-order chi connectivity index (χ1) is 14.3. The molecule has 1 amide bonds. The van der Waals surface area contributed by atoms with Gasteiger partial charge in [0, 0.05) is 39.5 Å². The van der Waals surface area contributed by atoms with Crippen molar-refractivity contribution in [3.63, 3.8) is 0 Å². The van der Waals surface area contributed by atoms with Crippen LogP contribution >= 0.6 is 35.4 Å². The Balaban J connectivity index is 1.59. The van der Waals surface area contributed by atoms with Crippen LogP contribution < -0.4 is 10.6 Å². The molecule has 3 rings (SSSR count). The molecule has 0 saturated heterocycles. The molecule has 0 aliphatic carbocycles. The molecule has 1 heterocycles. The van der Waals surface area contributed by atoms with E-state index in [4.69, 9.17) is 39.8 Å². The number of non-ortho nitro benzene ring substituents is 1. The molecule has 0 saturated carbocycles. The van der Waals surface area contributed by atoms with E-state index in [9.17, 15) is 14.9 Å². The second-order valence-corrected chi connectivity index (χ2v) is 7.23. The van der Waals surface area contributed by atoms with E-state index >= 15 is 0 Å². The van der Waals surface area contributed by atoms with Crippen molar-refractivity contribution in [2.45, 2.75) is 0 Å². The molecule has 7 nitrogen and oxygen atoms in total. The summed E-state index contributed by atoms with van der Waals surface area (Å²) in [4.78, 5) is 22.3. The Labute approximate surface area is 186 Å². The average molecular weight is 462 g/mol. The van der Waals surface area contributed by atoms with E-state index in [0.29, 0.717) is 32.8 Å². The van der Waals surface area contributed by atoms with E-state index < -0.39 is 10.8 Å². The minimum Gasteiger partial charge on any atom is -0.457 e. The Hall–Kier alpha value is -3.20. The van der Waals surface area contributed by atoms with Gasteiger partial charge in [0.05, 0.1) is 4.92 Å². The van der Waals surface area contributed by atoms with Crippen molar-refractivity contribution >= 4 is 63.9 Å². The largest absolute Gasteiger partial charge is 0.457 e. The Morgan fingerprint density at radius 1 is 1.10 bits per heavy atom. The molecule has 2 aromatic carbocycles. The fourth-order valence-electron chi connectivity index (χ4n) is 2.46. The van der Waals surface area contributed by atoms with Crippen LogP contribution in [0.5, 0.6) is 0 Å². The van der Waals surface area contributed by atoms with Gasteiger partial charge in [-0.2, -0.15) is 0 Å². The molecule has 0 bridgehead atoms. The highest BCUT2D eigenvalue weighted by Gasteiger charge is 2.09. The van der Waals surface area contributed by atoms with Crippen LogP contribution in [-0.4, -0.2) is 15.9 Å². The summed E-state index contributed by atoms with van der Waals surface area (Å²) in [5, 5.41) is 16.9. The third kappa shape index (κ3) is 5.90. The maximum absolute atomic E-state index is 12.0. The van der Waals surface area contributed by atoms with Crippen LogP contribution in [0, 0.1) is 10.1 Å². The summed E-state index contributed by atoms with van der Waals surface area (Å²) >= 11 is 17.0. The summed E-state index contributed by atoms with van der Waals surface area (Å²) in [6, 6.07) is 14.2. The number of carbonyl (C=O) groups excluding carboxylic acids is 1. The third-order valence-corrected chi connectivity index (χ3v) is 4.36. The van der Waals surface area contributed by atoms with Gasteiger partial charge in [0.2, 0.25) is 5.91 Å². The summed E-state index contributed by atoms with van der Waals surface area (Å²) < 4.78 is 5.67. The van der Waals surface area contributed by atoms with Gasteiger partial charge in [0.15, 0.2) is 5.11 Å². The number of rotatable bonds is 5. The molecule has 0 spiro atoms. The third-order valence-electron chi connectivity index (χ3n) is 3.72. The van der Waals surface area contributed by atoms with Crippen molar-refractivity contribution < 1.29 is 14.1 Å². The number of thiocarbonyl (C=S) groups is 1. The van der Waals surface area contributed by atoms with Crippen molar-refractivity contribution in [3.05, 3.63) is 86.6 Å². The number of amides is 1. The molecule has 30 heavy (non-hydrogen) atoms. The van der Waals surface area contributed by atoms with E-state index in [2.05, 4.69) is 10.6 Å². The molecule has 0 unspecified atom stereocenters. The second kappa shape index (κ2) is 9.53. The normalized spacial score (nSPS) is 10.7. The molecule has 0 aliphatic rings. The number of nitro benzene ring substituents is 1. The summed E-state index contributed by atoms with van der Waals surface area (Å²) in [6.07, 6.45) is 2.72. The zero-order chi connectivity index (χ0) is 21.7. The maximum atomic E-state index is 12.0. The summed E-state index contributed by atoms with van der Waals surface area (Å²) in [5.74, 6) is 0.484. The predicted molar refractivity (Wildman–Crippen MR) is 121 cm³/mol. The lowest BCUT2D eigenvalue weighted by molar-refractivity contribution is -0.384. The minimum atomic E-state index is -0.523. The number of furan rings is 1. The first kappa shape index (κ1) is 21.5. The Bertz CT molecular complexity index is 1140. The van der Waals surface area contributed by atoms with Gasteiger partial charge in [0.25, 0.3) is 5.69 Å². The molecule has 1 aromatic heterocycles. The fourth-order valence-corrected chi connectivity index (χ4v) is 3.21. The number of nitro groups is 1. The average Bonchev–Trinajstić information content (AvgIpc) is 3.15. The van der Waals surface area contributed by atoms with E-state index in [0.717, 1.165) is 0 Å². The first-order valence-corrected chi connectivity index (χ1v) is 9.57. The molecule has 152 valence electrons. The van der Waals surface area contributed by atoms with Gasteiger partial charge in [-0.3, -0.25) is 20.2 Å². The fraction of sp³-hybridized carbons (Fsp3) is 0. The molecule has 0 radical (unpaired) electrons. The predicted octanol–water partition coefficient (Wildman–Crippen LogP) is 5.69. The van der Waals surface area contributed by atoms with Gasteiger partial charge in [-0.25, -0.2) is 0 Å². The Morgan fingerprint density at radius 2 is 1.83 bits per heavy atom. The van der Waals surface area contributed by atoms with E-state index in [1.807, 2.05) is 0 Å². The number of hydrogen-bond acceptors (Lipinski definition) is 5. The van der Waals surface area contributed by atoms with Crippen molar-refractivity contribution in [3.8, 4) is 11.3 Å². The van der Waals surface area contributed by atoms with E-state index in [-0.39, 0.29) is 10.8 Å². The number of carbonyl (C=O) groups is 1. The lowest BCUT2D eigenvalue weighted by Crippen LogP contribution is -2.32. The van der Waals surface area contributed by atoms with Crippen molar-refractivity contribution in [1.82, 2.24) is 5.32 Å². The van der Waals surface area contributed by atoms with Gasteiger partial charge >= 0.3 is 0 Å². The minimum absolute atomic E-state index is 0.00106. The first-order valence-electron chi connectivity index (χ1n) is 8.41. The molecule has 10 heteroatoms. The Kier molecular flexibility index (Phi) is 6.83. The standard InChI is InChI=1S/C20H13Cl2N3O4S/c21-13-8-12(9-14(22)10-13)18-6-4-17(29-18)5-7-19(26)24-20(30)23-15-2-1-3-16(11-15)25(27)28/h1-11H,(H2,23,24,26,30)/b7-5+. The topological polar surface area (TPSA) is 97.4 Å². The van der Waals surface area contributed by atoms with Crippen molar-refractivity contribution in [2.75, 3.05) is 5.32 Å². The van der Waals surface area contributed by atoms with Crippen LogP contribution in [0.15, 0.2) is 65.1 Å². The van der Waals surface area contributed by atoms with E-state index in [1.165, 1.54) is 30.4 Å². The van der Waals surface area contributed by atoms with Gasteiger partial charge in [0.1, 0.15) is 11.5 Å². The number of anilines is 1. The second-order valence-electron chi connectivity index (χ2n) is 5.94. The van der Waals surface area contributed by atoms with Crippen LogP contribution in [0.1, 0.15) is 5.76 Å². The summed E-state index contributed by atoms with van der Waals surface area (Å²) in [7, 11) is 0. The highest BCUT2D eigenvalue weighted by Crippen LogP contribution is 2.28. The molecule has 0 aliphatic heterocycles. The number of benzene rings is 2. The van der Waals surface area contributed by atoms with Crippen LogP contribution in [0.25, 0.3) is 17.4 Å². The maximum Gasteiger partial charge on any atom is 0.271 e. The highest BCUT2D eigenvalue weighted by atomic mass is 35.5. The number of halogens is 2. The lowest BCUT2D eigenvalue weighted by Gasteiger charge is -2.07. The SMILES string of the molecule is O=C(/C=C/c1ccc(-c2cc(Cl)cc(Cl)c2)o1)NC(=S)Nc1cccc([N+](=O)[O-])c1. The molecule has 0 fully saturated rings.